The number of aromatic nitrogens is 1. The summed E-state index contributed by atoms with van der Waals surface area (Å²) in [4.78, 5) is 21.6. The predicted octanol–water partition coefficient (Wildman–Crippen LogP) is 9.19. The van der Waals surface area contributed by atoms with Gasteiger partial charge in [-0.3, -0.25) is 9.69 Å². The second-order valence-corrected chi connectivity index (χ2v) is 13.1. The molecule has 1 amide bonds. The van der Waals surface area contributed by atoms with Crippen LogP contribution in [0.2, 0.25) is 10.0 Å². The van der Waals surface area contributed by atoms with Gasteiger partial charge in [-0.05, 0) is 83.8 Å². The number of rotatable bonds is 13. The van der Waals surface area contributed by atoms with Crippen LogP contribution in [0, 0.1) is 12.7 Å². The van der Waals surface area contributed by atoms with E-state index in [1.54, 1.807) is 48.7 Å². The van der Waals surface area contributed by atoms with Gasteiger partial charge in [-0.1, -0.05) is 65.7 Å². The molecule has 51 heavy (non-hydrogen) atoms. The number of piperazine rings is 1. The average Bonchev–Trinajstić information content (AvgIpc) is 3.14. The molecular weight excluding hydrogens is 688 g/mol. The maximum absolute atomic E-state index is 13.1. The van der Waals surface area contributed by atoms with Gasteiger partial charge in [-0.15, -0.1) is 0 Å². The van der Waals surface area contributed by atoms with E-state index < -0.39 is 0 Å². The fraction of sp³-hybridized carbons (Fsp3) is 0.220. The van der Waals surface area contributed by atoms with Crippen LogP contribution in [0.3, 0.4) is 0 Å². The highest BCUT2D eigenvalue weighted by atomic mass is 35.5. The topological polar surface area (TPSA) is 64.1 Å². The van der Waals surface area contributed by atoms with Crippen molar-refractivity contribution >= 4 is 35.2 Å². The largest absolute Gasteiger partial charge is 0.493 e. The number of hydrogen-bond acceptors (Lipinski definition) is 6. The number of hydrogen-bond donors (Lipinski definition) is 0. The number of nitrogens with zero attached hydrogens (tertiary/aromatic N) is 3. The molecule has 5 aromatic rings. The first kappa shape index (κ1) is 35.9. The van der Waals surface area contributed by atoms with E-state index in [0.29, 0.717) is 59.5 Å². The lowest BCUT2D eigenvalue weighted by molar-refractivity contribution is -0.127. The minimum absolute atomic E-state index is 0.0306. The van der Waals surface area contributed by atoms with E-state index in [2.05, 4.69) is 34.1 Å². The highest BCUT2D eigenvalue weighted by Crippen LogP contribution is 2.34. The monoisotopic (exact) mass is 725 g/mol. The number of amides is 1. The summed E-state index contributed by atoms with van der Waals surface area (Å²) >= 11 is 12.8. The first-order valence-electron chi connectivity index (χ1n) is 16.7. The summed E-state index contributed by atoms with van der Waals surface area (Å²) < 4.78 is 30.6. The zero-order valence-corrected chi connectivity index (χ0v) is 29.7. The Balaban J connectivity index is 0.935. The number of halogens is 3. The SMILES string of the molecule is Cc1cc(C=CC(=O)N2CCN(Cc3ccc(CCOc4ccc(F)cc4)cc3)CC2)cc(Cl)c1Oc1ccc(OCc2ccccc2Cl)cn1. The van der Waals surface area contributed by atoms with Gasteiger partial charge in [0.05, 0.1) is 17.8 Å². The van der Waals surface area contributed by atoms with Crippen molar-refractivity contribution < 1.29 is 23.4 Å². The molecule has 2 heterocycles. The number of carbonyl (C=O) groups excluding carboxylic acids is 1. The van der Waals surface area contributed by atoms with Crippen LogP contribution in [-0.2, 0) is 24.4 Å². The van der Waals surface area contributed by atoms with Crippen LogP contribution in [0.25, 0.3) is 6.08 Å². The maximum atomic E-state index is 13.1. The van der Waals surface area contributed by atoms with E-state index in [1.807, 2.05) is 42.2 Å². The predicted molar refractivity (Wildman–Crippen MR) is 199 cm³/mol. The van der Waals surface area contributed by atoms with Crippen molar-refractivity contribution in [2.45, 2.75) is 26.5 Å². The van der Waals surface area contributed by atoms with Crippen molar-refractivity contribution in [2.75, 3.05) is 32.8 Å². The zero-order chi connectivity index (χ0) is 35.6. The molecule has 6 rings (SSSR count). The number of carbonyl (C=O) groups is 1. The quantitative estimate of drug-likeness (QED) is 0.113. The Bertz CT molecular complexity index is 1920. The van der Waals surface area contributed by atoms with Crippen molar-refractivity contribution in [3.8, 4) is 23.1 Å². The Hall–Kier alpha value is -4.89. The van der Waals surface area contributed by atoms with Crippen LogP contribution < -0.4 is 14.2 Å². The van der Waals surface area contributed by atoms with Gasteiger partial charge in [-0.25, -0.2) is 9.37 Å². The first-order chi connectivity index (χ1) is 24.8. The normalized spacial score (nSPS) is 13.4. The minimum Gasteiger partial charge on any atom is -0.493 e. The van der Waals surface area contributed by atoms with Crippen LogP contribution in [0.4, 0.5) is 4.39 Å². The van der Waals surface area contributed by atoms with Gasteiger partial charge in [-0.2, -0.15) is 0 Å². The molecule has 0 saturated carbocycles. The third-order valence-electron chi connectivity index (χ3n) is 8.52. The lowest BCUT2D eigenvalue weighted by Gasteiger charge is -2.34. The number of benzene rings is 4. The molecule has 1 aliphatic rings. The van der Waals surface area contributed by atoms with Gasteiger partial charge in [0.1, 0.15) is 23.9 Å². The van der Waals surface area contributed by atoms with Crippen LogP contribution in [0.15, 0.2) is 109 Å². The Labute approximate surface area is 307 Å². The Kier molecular flexibility index (Phi) is 12.2. The molecule has 10 heteroatoms. The zero-order valence-electron chi connectivity index (χ0n) is 28.2. The smallest absolute Gasteiger partial charge is 0.246 e. The highest BCUT2D eigenvalue weighted by molar-refractivity contribution is 6.32. The van der Waals surface area contributed by atoms with Crippen LogP contribution >= 0.6 is 23.2 Å². The average molecular weight is 727 g/mol. The summed E-state index contributed by atoms with van der Waals surface area (Å²) in [7, 11) is 0. The number of aryl methyl sites for hydroxylation is 1. The lowest BCUT2D eigenvalue weighted by atomic mass is 10.1. The van der Waals surface area contributed by atoms with Crippen molar-refractivity contribution in [3.63, 3.8) is 0 Å². The van der Waals surface area contributed by atoms with Gasteiger partial charge < -0.3 is 19.1 Å². The molecule has 0 aliphatic carbocycles. The Morgan fingerprint density at radius 3 is 2.27 bits per heavy atom. The van der Waals surface area contributed by atoms with Crippen molar-refractivity contribution in [2.24, 2.45) is 0 Å². The molecular formula is C41H38Cl2FN3O4. The Morgan fingerprint density at radius 1 is 0.843 bits per heavy atom. The van der Waals surface area contributed by atoms with Crippen LogP contribution in [-0.4, -0.2) is 53.5 Å². The van der Waals surface area contributed by atoms with Gasteiger partial charge in [0, 0.05) is 61.9 Å². The molecule has 7 nitrogen and oxygen atoms in total. The molecule has 0 spiro atoms. The molecule has 0 bridgehead atoms. The summed E-state index contributed by atoms with van der Waals surface area (Å²) in [6, 6.07) is 29.3. The third-order valence-corrected chi connectivity index (χ3v) is 9.17. The number of pyridine rings is 1. The van der Waals surface area contributed by atoms with E-state index >= 15 is 0 Å². The first-order valence-corrected chi connectivity index (χ1v) is 17.5. The molecule has 0 N–H and O–H groups in total. The van der Waals surface area contributed by atoms with Crippen molar-refractivity contribution in [1.29, 1.82) is 0 Å². The Morgan fingerprint density at radius 2 is 1.57 bits per heavy atom. The summed E-state index contributed by atoms with van der Waals surface area (Å²) in [5.74, 6) is 1.83. The molecule has 1 fully saturated rings. The van der Waals surface area contributed by atoms with Gasteiger partial charge in [0.15, 0.2) is 5.75 Å². The van der Waals surface area contributed by atoms with Crippen LogP contribution in [0.5, 0.6) is 23.1 Å². The highest BCUT2D eigenvalue weighted by Gasteiger charge is 2.20. The van der Waals surface area contributed by atoms with Crippen molar-refractivity contribution in [3.05, 3.63) is 153 Å². The third kappa shape index (κ3) is 10.3. The molecule has 262 valence electrons. The second kappa shape index (κ2) is 17.4. The molecule has 0 atom stereocenters. The summed E-state index contributed by atoms with van der Waals surface area (Å²) in [5, 5.41) is 1.07. The van der Waals surface area contributed by atoms with Crippen molar-refractivity contribution in [1.82, 2.24) is 14.8 Å². The molecule has 1 aliphatic heterocycles. The van der Waals surface area contributed by atoms with E-state index in [9.17, 15) is 9.18 Å². The number of ether oxygens (including phenoxy) is 3. The van der Waals surface area contributed by atoms with Crippen LogP contribution in [0.1, 0.15) is 27.8 Å². The molecule has 4 aromatic carbocycles. The second-order valence-electron chi connectivity index (χ2n) is 12.3. The molecule has 0 unspecified atom stereocenters. The lowest BCUT2D eigenvalue weighted by Crippen LogP contribution is -2.47. The van der Waals surface area contributed by atoms with Gasteiger partial charge in [0.2, 0.25) is 11.8 Å². The molecule has 1 saturated heterocycles. The summed E-state index contributed by atoms with van der Waals surface area (Å²) in [6.07, 6.45) is 5.74. The standard InChI is InChI=1S/C41H38Cl2FN3O4/c1-29-24-32(25-38(43)41(29)51-39-16-15-36(26-45-39)50-28-33-4-2-3-5-37(33)42)10-17-40(48)47-21-19-46(20-22-47)27-31-8-6-30(7-9-31)18-23-49-35-13-11-34(44)12-14-35/h2-17,24-26H,18-23,27-28H2,1H3. The minimum atomic E-state index is -0.274. The van der Waals surface area contributed by atoms with Gasteiger partial charge >= 0.3 is 0 Å². The molecule has 0 radical (unpaired) electrons. The summed E-state index contributed by atoms with van der Waals surface area (Å²) in [5.41, 5.74) is 4.91. The maximum Gasteiger partial charge on any atom is 0.246 e. The van der Waals surface area contributed by atoms with E-state index in [-0.39, 0.29) is 11.7 Å². The molecule has 1 aromatic heterocycles. The van der Waals surface area contributed by atoms with Gasteiger partial charge in [0.25, 0.3) is 0 Å². The van der Waals surface area contributed by atoms with E-state index in [4.69, 9.17) is 37.4 Å². The summed E-state index contributed by atoms with van der Waals surface area (Å²) in [6.45, 7) is 6.50. The fourth-order valence-corrected chi connectivity index (χ4v) is 6.17. The van der Waals surface area contributed by atoms with E-state index in [0.717, 1.165) is 42.7 Å². The fourth-order valence-electron chi connectivity index (χ4n) is 5.66. The van der Waals surface area contributed by atoms with E-state index in [1.165, 1.54) is 23.3 Å².